The van der Waals surface area contributed by atoms with E-state index in [0.29, 0.717) is 4.47 Å². The molecule has 0 bridgehead atoms. The van der Waals surface area contributed by atoms with E-state index in [1.54, 1.807) is 0 Å². The molecule has 1 N–H and O–H groups in total. The Balaban J connectivity index is 2.19. The van der Waals surface area contributed by atoms with Gasteiger partial charge < -0.3 is 10.2 Å². The first-order chi connectivity index (χ1) is 9.97. The van der Waals surface area contributed by atoms with E-state index in [4.69, 9.17) is 0 Å². The maximum Gasteiger partial charge on any atom is 0.137 e. The van der Waals surface area contributed by atoms with Crippen molar-refractivity contribution in [2.75, 3.05) is 19.4 Å². The van der Waals surface area contributed by atoms with Crippen LogP contribution in [0.3, 0.4) is 0 Å². The molecule has 0 heterocycles. The second kappa shape index (κ2) is 7.05. The van der Waals surface area contributed by atoms with Gasteiger partial charge in [0.05, 0.1) is 4.47 Å². The van der Waals surface area contributed by atoms with Gasteiger partial charge in [0.2, 0.25) is 0 Å². The molecule has 4 heteroatoms. The van der Waals surface area contributed by atoms with Crippen LogP contribution in [0.15, 0.2) is 46.9 Å². The molecule has 0 aliphatic heterocycles. The highest BCUT2D eigenvalue weighted by molar-refractivity contribution is 9.10. The lowest BCUT2D eigenvalue weighted by Crippen LogP contribution is -2.14. The second-order valence-electron chi connectivity index (χ2n) is 5.43. The summed E-state index contributed by atoms with van der Waals surface area (Å²) >= 11 is 3.24. The summed E-state index contributed by atoms with van der Waals surface area (Å²) in [6, 6.07) is 13.5. The lowest BCUT2D eigenvalue weighted by atomic mass is 10.1. The van der Waals surface area contributed by atoms with E-state index in [1.807, 2.05) is 24.3 Å². The monoisotopic (exact) mass is 350 g/mol. The molecule has 1 atom stereocenters. The van der Waals surface area contributed by atoms with Crippen LogP contribution in [0, 0.1) is 5.82 Å². The van der Waals surface area contributed by atoms with Crippen LogP contribution in [0.25, 0.3) is 0 Å². The van der Waals surface area contributed by atoms with E-state index < -0.39 is 0 Å². The highest BCUT2D eigenvalue weighted by atomic mass is 79.9. The van der Waals surface area contributed by atoms with Crippen LogP contribution in [0.4, 0.5) is 10.1 Å². The number of anilines is 1. The molecule has 2 aromatic carbocycles. The van der Waals surface area contributed by atoms with Crippen molar-refractivity contribution in [1.82, 2.24) is 4.90 Å². The van der Waals surface area contributed by atoms with Gasteiger partial charge in [0, 0.05) is 18.3 Å². The Morgan fingerprint density at radius 1 is 1.19 bits per heavy atom. The normalized spacial score (nSPS) is 12.5. The minimum atomic E-state index is -0.237. The average Bonchev–Trinajstić information content (AvgIpc) is 2.43. The van der Waals surface area contributed by atoms with Crippen LogP contribution < -0.4 is 5.32 Å². The second-order valence-corrected chi connectivity index (χ2v) is 6.29. The highest BCUT2D eigenvalue weighted by Crippen LogP contribution is 2.26. The van der Waals surface area contributed by atoms with E-state index >= 15 is 0 Å². The quantitative estimate of drug-likeness (QED) is 0.831. The summed E-state index contributed by atoms with van der Waals surface area (Å²) in [5, 5.41) is 3.51. The Hall–Kier alpha value is -1.39. The molecule has 0 aromatic heterocycles. The molecule has 0 spiro atoms. The number of nitrogens with zero attached hydrogens (tertiary/aromatic N) is 1. The average molecular weight is 351 g/mol. The molecule has 0 radical (unpaired) electrons. The minimum absolute atomic E-state index is 0.102. The maximum absolute atomic E-state index is 13.3. The predicted octanol–water partition coefficient (Wildman–Crippen LogP) is 4.82. The lowest BCUT2D eigenvalue weighted by molar-refractivity contribution is 0.403. The number of benzene rings is 2. The number of rotatable bonds is 5. The zero-order valence-corrected chi connectivity index (χ0v) is 14.1. The fraction of sp³-hybridized carbons (Fsp3) is 0.294. The Bertz CT molecular complexity index is 613. The van der Waals surface area contributed by atoms with Crippen molar-refractivity contribution in [2.45, 2.75) is 19.5 Å². The summed E-state index contributed by atoms with van der Waals surface area (Å²) < 4.78 is 13.8. The van der Waals surface area contributed by atoms with Crippen LogP contribution in [-0.2, 0) is 6.54 Å². The molecule has 0 saturated carbocycles. The van der Waals surface area contributed by atoms with Gasteiger partial charge in [0.1, 0.15) is 5.82 Å². The third kappa shape index (κ3) is 4.29. The van der Waals surface area contributed by atoms with Crippen molar-refractivity contribution >= 4 is 21.6 Å². The predicted molar refractivity (Wildman–Crippen MR) is 90.0 cm³/mol. The molecule has 0 saturated heterocycles. The molecule has 2 nitrogen and oxygen atoms in total. The van der Waals surface area contributed by atoms with Crippen LogP contribution in [0.2, 0.25) is 0 Å². The van der Waals surface area contributed by atoms with Crippen LogP contribution >= 0.6 is 15.9 Å². The summed E-state index contributed by atoms with van der Waals surface area (Å²) in [4.78, 5) is 2.14. The minimum Gasteiger partial charge on any atom is -0.378 e. The van der Waals surface area contributed by atoms with Gasteiger partial charge in [-0.05, 0) is 66.3 Å². The maximum atomic E-state index is 13.3. The molecule has 1 unspecified atom stereocenters. The fourth-order valence-corrected chi connectivity index (χ4v) is 2.63. The van der Waals surface area contributed by atoms with Gasteiger partial charge in [0.15, 0.2) is 0 Å². The number of nitrogens with one attached hydrogen (secondary N) is 1. The van der Waals surface area contributed by atoms with Crippen molar-refractivity contribution in [1.29, 1.82) is 0 Å². The van der Waals surface area contributed by atoms with E-state index in [9.17, 15) is 4.39 Å². The smallest absolute Gasteiger partial charge is 0.137 e. The van der Waals surface area contributed by atoms with Crippen molar-refractivity contribution in [2.24, 2.45) is 0 Å². The topological polar surface area (TPSA) is 15.3 Å². The summed E-state index contributed by atoms with van der Waals surface area (Å²) in [5.41, 5.74) is 3.40. The molecule has 0 aliphatic carbocycles. The Kier molecular flexibility index (Phi) is 5.37. The van der Waals surface area contributed by atoms with E-state index in [1.165, 1.54) is 11.6 Å². The molecule has 0 fully saturated rings. The van der Waals surface area contributed by atoms with Gasteiger partial charge in [-0.1, -0.05) is 24.3 Å². The molecule has 0 amide bonds. The molecular formula is C17H20BrFN2. The SMILES string of the molecule is CC(Nc1ccccc1CN(C)C)c1ccc(F)c(Br)c1. The largest absolute Gasteiger partial charge is 0.378 e. The zero-order valence-electron chi connectivity index (χ0n) is 12.5. The van der Waals surface area contributed by atoms with Crippen molar-refractivity contribution in [3.05, 3.63) is 63.9 Å². The van der Waals surface area contributed by atoms with E-state index in [-0.39, 0.29) is 11.9 Å². The third-order valence-electron chi connectivity index (χ3n) is 3.32. The Morgan fingerprint density at radius 3 is 2.57 bits per heavy atom. The van der Waals surface area contributed by atoms with Gasteiger partial charge in [0.25, 0.3) is 0 Å². The van der Waals surface area contributed by atoms with Gasteiger partial charge >= 0.3 is 0 Å². The summed E-state index contributed by atoms with van der Waals surface area (Å²) in [5.74, 6) is -0.237. The standard InChI is InChI=1S/C17H20BrFN2/c1-12(13-8-9-16(19)15(18)10-13)20-17-7-5-4-6-14(17)11-21(2)3/h4-10,12,20H,11H2,1-3H3. The Labute approximate surface area is 134 Å². The number of para-hydroxylation sites is 1. The number of halogens is 2. The van der Waals surface area contributed by atoms with Crippen molar-refractivity contribution < 1.29 is 4.39 Å². The van der Waals surface area contributed by atoms with Crippen LogP contribution in [-0.4, -0.2) is 19.0 Å². The van der Waals surface area contributed by atoms with Gasteiger partial charge in [-0.25, -0.2) is 4.39 Å². The Morgan fingerprint density at radius 2 is 1.90 bits per heavy atom. The molecule has 0 aliphatic rings. The van der Waals surface area contributed by atoms with E-state index in [2.05, 4.69) is 59.3 Å². The highest BCUT2D eigenvalue weighted by Gasteiger charge is 2.10. The van der Waals surface area contributed by atoms with Crippen LogP contribution in [0.5, 0.6) is 0 Å². The van der Waals surface area contributed by atoms with Crippen LogP contribution in [0.1, 0.15) is 24.1 Å². The first-order valence-corrected chi connectivity index (χ1v) is 7.71. The van der Waals surface area contributed by atoms with Crippen molar-refractivity contribution in [3.8, 4) is 0 Å². The summed E-state index contributed by atoms with van der Waals surface area (Å²) in [7, 11) is 4.11. The van der Waals surface area contributed by atoms with Gasteiger partial charge in [-0.2, -0.15) is 0 Å². The van der Waals surface area contributed by atoms with Gasteiger partial charge in [-0.15, -0.1) is 0 Å². The summed E-state index contributed by atoms with van der Waals surface area (Å²) in [6.07, 6.45) is 0. The number of hydrogen-bond donors (Lipinski definition) is 1. The fourth-order valence-electron chi connectivity index (χ4n) is 2.24. The van der Waals surface area contributed by atoms with Gasteiger partial charge in [-0.3, -0.25) is 0 Å². The molecule has 2 aromatic rings. The lowest BCUT2D eigenvalue weighted by Gasteiger charge is -2.20. The zero-order chi connectivity index (χ0) is 15.4. The van der Waals surface area contributed by atoms with Crippen molar-refractivity contribution in [3.63, 3.8) is 0 Å². The summed E-state index contributed by atoms with van der Waals surface area (Å²) in [6.45, 7) is 2.95. The number of hydrogen-bond acceptors (Lipinski definition) is 2. The molecule has 21 heavy (non-hydrogen) atoms. The molecule has 112 valence electrons. The third-order valence-corrected chi connectivity index (χ3v) is 3.93. The molecular weight excluding hydrogens is 331 g/mol. The first kappa shape index (κ1) is 16.0. The molecule has 2 rings (SSSR count). The van der Waals surface area contributed by atoms with E-state index in [0.717, 1.165) is 17.8 Å². The first-order valence-electron chi connectivity index (χ1n) is 6.91.